The standard InChI is InChI=1S/C15H13Br2N3O/c1-8-5-9(16)7-20-14(18)13(19-15(8)20)11-6-10(21-2)3-4-12(11)17/h3-7H,18H2,1-2H3. The van der Waals surface area contributed by atoms with Crippen LogP contribution in [0.4, 0.5) is 5.82 Å². The number of ether oxygens (including phenoxy) is 1. The van der Waals surface area contributed by atoms with Gasteiger partial charge in [-0.05, 0) is 52.7 Å². The SMILES string of the molecule is COc1ccc(Br)c(-c2nc3c(C)cc(Br)cn3c2N)c1. The van der Waals surface area contributed by atoms with Gasteiger partial charge in [0.2, 0.25) is 0 Å². The molecule has 0 fully saturated rings. The van der Waals surface area contributed by atoms with E-state index in [9.17, 15) is 0 Å². The summed E-state index contributed by atoms with van der Waals surface area (Å²) in [6.45, 7) is 2.01. The Labute approximate surface area is 139 Å². The molecule has 3 aromatic rings. The van der Waals surface area contributed by atoms with Gasteiger partial charge in [0.25, 0.3) is 0 Å². The van der Waals surface area contributed by atoms with Crippen molar-refractivity contribution in [3.05, 3.63) is 45.0 Å². The van der Waals surface area contributed by atoms with Gasteiger partial charge in [0, 0.05) is 20.7 Å². The van der Waals surface area contributed by atoms with Crippen molar-refractivity contribution in [1.29, 1.82) is 0 Å². The van der Waals surface area contributed by atoms with Crippen molar-refractivity contribution in [2.75, 3.05) is 12.8 Å². The molecule has 0 atom stereocenters. The van der Waals surface area contributed by atoms with Crippen LogP contribution in [0, 0.1) is 6.92 Å². The molecular weight excluding hydrogens is 398 g/mol. The van der Waals surface area contributed by atoms with Crippen LogP contribution in [0.25, 0.3) is 16.9 Å². The van der Waals surface area contributed by atoms with Crippen LogP contribution in [-0.2, 0) is 0 Å². The minimum atomic E-state index is 0.600. The predicted octanol–water partition coefficient (Wildman–Crippen LogP) is 4.43. The second-order valence-electron chi connectivity index (χ2n) is 4.73. The Bertz CT molecular complexity index is 843. The van der Waals surface area contributed by atoms with Crippen LogP contribution in [0.5, 0.6) is 5.75 Å². The van der Waals surface area contributed by atoms with Crippen LogP contribution in [0.1, 0.15) is 5.56 Å². The molecule has 0 bridgehead atoms. The van der Waals surface area contributed by atoms with E-state index in [2.05, 4.69) is 31.9 Å². The fourth-order valence-electron chi connectivity index (χ4n) is 2.30. The fraction of sp³-hybridized carbons (Fsp3) is 0.133. The third kappa shape index (κ3) is 2.42. The number of fused-ring (bicyclic) bond motifs is 1. The first-order valence-corrected chi connectivity index (χ1v) is 7.87. The Balaban J connectivity index is 2.31. The van der Waals surface area contributed by atoms with E-state index in [-0.39, 0.29) is 0 Å². The van der Waals surface area contributed by atoms with Gasteiger partial charge in [0.15, 0.2) is 0 Å². The maximum absolute atomic E-state index is 6.29. The van der Waals surface area contributed by atoms with E-state index in [0.717, 1.165) is 37.2 Å². The molecule has 0 spiro atoms. The first-order chi connectivity index (χ1) is 10.0. The summed E-state index contributed by atoms with van der Waals surface area (Å²) < 4.78 is 9.07. The van der Waals surface area contributed by atoms with E-state index >= 15 is 0 Å². The lowest BCUT2D eigenvalue weighted by atomic mass is 10.1. The number of hydrogen-bond donors (Lipinski definition) is 1. The Hall–Kier alpha value is -1.53. The first kappa shape index (κ1) is 14.4. The molecule has 2 N–H and O–H groups in total. The van der Waals surface area contributed by atoms with E-state index in [1.165, 1.54) is 0 Å². The van der Waals surface area contributed by atoms with Gasteiger partial charge in [-0.25, -0.2) is 4.98 Å². The van der Waals surface area contributed by atoms with Crippen LogP contribution in [-0.4, -0.2) is 16.5 Å². The summed E-state index contributed by atoms with van der Waals surface area (Å²) in [6.07, 6.45) is 1.92. The van der Waals surface area contributed by atoms with E-state index in [4.69, 9.17) is 15.5 Å². The van der Waals surface area contributed by atoms with Crippen molar-refractivity contribution in [3.63, 3.8) is 0 Å². The van der Waals surface area contributed by atoms with Crippen molar-refractivity contribution in [3.8, 4) is 17.0 Å². The normalized spacial score (nSPS) is 11.0. The highest BCUT2D eigenvalue weighted by Crippen LogP contribution is 2.35. The molecule has 0 aliphatic heterocycles. The van der Waals surface area contributed by atoms with Crippen LogP contribution >= 0.6 is 31.9 Å². The van der Waals surface area contributed by atoms with Gasteiger partial charge in [0.05, 0.1) is 7.11 Å². The summed E-state index contributed by atoms with van der Waals surface area (Å²) in [7, 11) is 1.64. The number of nitrogens with zero attached hydrogens (tertiary/aromatic N) is 2. The number of nitrogens with two attached hydrogens (primary N) is 1. The quantitative estimate of drug-likeness (QED) is 0.679. The lowest BCUT2D eigenvalue weighted by Gasteiger charge is -2.06. The second kappa shape index (κ2) is 5.35. The highest BCUT2D eigenvalue weighted by atomic mass is 79.9. The molecule has 0 aliphatic carbocycles. The zero-order valence-corrected chi connectivity index (χ0v) is 14.7. The molecule has 0 amide bonds. The van der Waals surface area contributed by atoms with E-state index in [0.29, 0.717) is 5.82 Å². The number of benzene rings is 1. The number of aryl methyl sites for hydroxylation is 1. The molecule has 4 nitrogen and oxygen atoms in total. The summed E-state index contributed by atoms with van der Waals surface area (Å²) >= 11 is 7.04. The van der Waals surface area contributed by atoms with Gasteiger partial charge in [-0.3, -0.25) is 4.40 Å². The van der Waals surface area contributed by atoms with Crippen molar-refractivity contribution in [1.82, 2.24) is 9.38 Å². The van der Waals surface area contributed by atoms with Crippen molar-refractivity contribution in [2.45, 2.75) is 6.92 Å². The minimum Gasteiger partial charge on any atom is -0.497 e. The number of imidazole rings is 1. The van der Waals surface area contributed by atoms with Crippen molar-refractivity contribution >= 4 is 43.3 Å². The highest BCUT2D eigenvalue weighted by molar-refractivity contribution is 9.10. The molecule has 1 aromatic carbocycles. The summed E-state index contributed by atoms with van der Waals surface area (Å²) in [6, 6.07) is 7.76. The van der Waals surface area contributed by atoms with Crippen molar-refractivity contribution in [2.24, 2.45) is 0 Å². The third-order valence-electron chi connectivity index (χ3n) is 3.34. The number of methoxy groups -OCH3 is 1. The minimum absolute atomic E-state index is 0.600. The number of aromatic nitrogens is 2. The summed E-state index contributed by atoms with van der Waals surface area (Å²) in [5, 5.41) is 0. The van der Waals surface area contributed by atoms with Gasteiger partial charge in [-0.2, -0.15) is 0 Å². The molecule has 2 aromatic heterocycles. The summed E-state index contributed by atoms with van der Waals surface area (Å²) in [4.78, 5) is 4.69. The fourth-order valence-corrected chi connectivity index (χ4v) is 3.28. The largest absolute Gasteiger partial charge is 0.497 e. The van der Waals surface area contributed by atoms with Crippen LogP contribution < -0.4 is 10.5 Å². The van der Waals surface area contributed by atoms with Crippen LogP contribution in [0.2, 0.25) is 0 Å². The average Bonchev–Trinajstić information content (AvgIpc) is 2.77. The molecular formula is C15H13Br2N3O. The molecule has 108 valence electrons. The van der Waals surface area contributed by atoms with Crippen molar-refractivity contribution < 1.29 is 4.74 Å². The molecule has 6 heteroatoms. The number of halogens is 2. The van der Waals surface area contributed by atoms with E-state index < -0.39 is 0 Å². The summed E-state index contributed by atoms with van der Waals surface area (Å²) in [5.41, 5.74) is 9.84. The molecule has 0 saturated heterocycles. The molecule has 2 heterocycles. The summed E-state index contributed by atoms with van der Waals surface area (Å²) in [5.74, 6) is 1.37. The maximum Gasteiger partial charge on any atom is 0.142 e. The zero-order chi connectivity index (χ0) is 15.1. The molecule has 0 saturated carbocycles. The van der Waals surface area contributed by atoms with Gasteiger partial charge in [-0.15, -0.1) is 0 Å². The highest BCUT2D eigenvalue weighted by Gasteiger charge is 2.16. The number of hydrogen-bond acceptors (Lipinski definition) is 3. The Morgan fingerprint density at radius 2 is 2.00 bits per heavy atom. The Morgan fingerprint density at radius 1 is 1.24 bits per heavy atom. The average molecular weight is 411 g/mol. The number of rotatable bonds is 2. The van der Waals surface area contributed by atoms with Crippen LogP contribution in [0.3, 0.4) is 0 Å². The van der Waals surface area contributed by atoms with E-state index in [1.807, 2.05) is 41.8 Å². The lowest BCUT2D eigenvalue weighted by molar-refractivity contribution is 0.415. The van der Waals surface area contributed by atoms with Gasteiger partial charge in [-0.1, -0.05) is 15.9 Å². The number of pyridine rings is 1. The molecule has 21 heavy (non-hydrogen) atoms. The first-order valence-electron chi connectivity index (χ1n) is 6.29. The molecule has 0 radical (unpaired) electrons. The predicted molar refractivity (Wildman–Crippen MR) is 91.7 cm³/mol. The molecule has 3 rings (SSSR count). The monoisotopic (exact) mass is 409 g/mol. The lowest BCUT2D eigenvalue weighted by Crippen LogP contribution is -1.95. The van der Waals surface area contributed by atoms with Crippen LogP contribution in [0.15, 0.2) is 39.4 Å². The number of nitrogen functional groups attached to an aromatic ring is 1. The Morgan fingerprint density at radius 3 is 2.71 bits per heavy atom. The van der Waals surface area contributed by atoms with Gasteiger partial charge < -0.3 is 10.5 Å². The zero-order valence-electron chi connectivity index (χ0n) is 11.5. The van der Waals surface area contributed by atoms with Gasteiger partial charge >= 0.3 is 0 Å². The van der Waals surface area contributed by atoms with E-state index in [1.54, 1.807) is 7.11 Å². The van der Waals surface area contributed by atoms with Gasteiger partial charge in [0.1, 0.15) is 22.9 Å². The third-order valence-corrected chi connectivity index (χ3v) is 4.46. The maximum atomic E-state index is 6.29. The number of anilines is 1. The molecule has 0 aliphatic rings. The second-order valence-corrected chi connectivity index (χ2v) is 6.50. The smallest absolute Gasteiger partial charge is 0.142 e. The topological polar surface area (TPSA) is 52.5 Å². The molecule has 0 unspecified atom stereocenters. The Kier molecular flexibility index (Phi) is 3.67.